The van der Waals surface area contributed by atoms with Crippen LogP contribution in [0.2, 0.25) is 0 Å². The van der Waals surface area contributed by atoms with Crippen molar-refractivity contribution in [2.24, 2.45) is 5.92 Å². The summed E-state index contributed by atoms with van der Waals surface area (Å²) in [6.07, 6.45) is 1.05. The molecule has 1 atom stereocenters. The summed E-state index contributed by atoms with van der Waals surface area (Å²) in [6, 6.07) is 26.6. The summed E-state index contributed by atoms with van der Waals surface area (Å²) in [6.45, 7) is 6.29. The Morgan fingerprint density at radius 2 is 1.44 bits per heavy atom. The van der Waals surface area contributed by atoms with Gasteiger partial charge in [-0.05, 0) is 59.7 Å². The molecule has 0 aliphatic carbocycles. The molecule has 1 radical (unpaired) electrons. The van der Waals surface area contributed by atoms with Crippen molar-refractivity contribution >= 4 is 5.97 Å². The van der Waals surface area contributed by atoms with Crippen molar-refractivity contribution in [3.05, 3.63) is 90.0 Å². The number of hydrogen-bond donors (Lipinski definition) is 0. The van der Waals surface area contributed by atoms with Crippen LogP contribution < -0.4 is 4.74 Å². The highest BCUT2D eigenvalue weighted by atomic mass is 16.5. The van der Waals surface area contributed by atoms with E-state index < -0.39 is 0 Å². The number of esters is 1. The van der Waals surface area contributed by atoms with Gasteiger partial charge < -0.3 is 4.74 Å². The lowest BCUT2D eigenvalue weighted by Gasteiger charge is -2.13. The fourth-order valence-corrected chi connectivity index (χ4v) is 3.05. The van der Waals surface area contributed by atoms with E-state index in [9.17, 15) is 4.79 Å². The molecule has 27 heavy (non-hydrogen) atoms. The van der Waals surface area contributed by atoms with Crippen LogP contribution in [0.1, 0.15) is 37.8 Å². The van der Waals surface area contributed by atoms with E-state index in [4.69, 9.17) is 4.74 Å². The zero-order valence-electron chi connectivity index (χ0n) is 16.1. The van der Waals surface area contributed by atoms with Crippen molar-refractivity contribution in [3.8, 4) is 16.9 Å². The highest BCUT2D eigenvalue weighted by molar-refractivity contribution is 5.80. The SMILES string of the molecule is CC(C)Cc1ccc(C(C)C(=O)Oc2ccc(-c3cc[c]cc3)cc2)cc1. The Morgan fingerprint density at radius 3 is 2.04 bits per heavy atom. The molecule has 0 N–H and O–H groups in total. The van der Waals surface area contributed by atoms with Gasteiger partial charge in [-0.1, -0.05) is 74.5 Å². The molecule has 0 amide bonds. The molecule has 2 heteroatoms. The maximum absolute atomic E-state index is 12.5. The second-order valence-corrected chi connectivity index (χ2v) is 7.30. The van der Waals surface area contributed by atoms with Crippen LogP contribution in [0.25, 0.3) is 11.1 Å². The van der Waals surface area contributed by atoms with Crippen molar-refractivity contribution in [1.29, 1.82) is 0 Å². The molecule has 0 fully saturated rings. The van der Waals surface area contributed by atoms with Crippen LogP contribution >= 0.6 is 0 Å². The van der Waals surface area contributed by atoms with Crippen LogP contribution in [-0.4, -0.2) is 5.97 Å². The third kappa shape index (κ3) is 5.07. The van der Waals surface area contributed by atoms with Gasteiger partial charge in [-0.3, -0.25) is 4.79 Å². The summed E-state index contributed by atoms with van der Waals surface area (Å²) in [7, 11) is 0. The van der Waals surface area contributed by atoms with E-state index in [1.165, 1.54) is 5.56 Å². The van der Waals surface area contributed by atoms with Crippen LogP contribution in [0.5, 0.6) is 5.75 Å². The van der Waals surface area contributed by atoms with Crippen LogP contribution in [0.3, 0.4) is 0 Å². The standard InChI is InChI=1S/C25H25O2/c1-18(2)17-20-9-11-21(12-10-20)19(3)25(26)27-24-15-13-23(14-16-24)22-7-5-4-6-8-22/h5-16,18-19H,17H2,1-3H3. The number of carbonyl (C=O) groups is 1. The lowest BCUT2D eigenvalue weighted by atomic mass is 9.97. The molecular formula is C25H25O2. The van der Waals surface area contributed by atoms with Crippen molar-refractivity contribution in [2.75, 3.05) is 0 Å². The molecule has 2 nitrogen and oxygen atoms in total. The first-order chi connectivity index (χ1) is 13.0. The van der Waals surface area contributed by atoms with E-state index in [0.29, 0.717) is 11.7 Å². The Morgan fingerprint density at radius 1 is 0.852 bits per heavy atom. The minimum absolute atomic E-state index is 0.242. The third-order valence-corrected chi connectivity index (χ3v) is 4.60. The van der Waals surface area contributed by atoms with Gasteiger partial charge in [0.15, 0.2) is 0 Å². The van der Waals surface area contributed by atoms with Gasteiger partial charge in [-0.2, -0.15) is 0 Å². The van der Waals surface area contributed by atoms with Gasteiger partial charge >= 0.3 is 5.97 Å². The first-order valence-corrected chi connectivity index (χ1v) is 9.40. The first kappa shape index (κ1) is 18.9. The summed E-state index contributed by atoms with van der Waals surface area (Å²) in [5.74, 6) is 0.640. The molecule has 3 aromatic rings. The predicted octanol–water partition coefficient (Wildman–Crippen LogP) is 6.06. The normalized spacial score (nSPS) is 12.0. The lowest BCUT2D eigenvalue weighted by molar-refractivity contribution is -0.135. The van der Waals surface area contributed by atoms with Gasteiger partial charge in [0.25, 0.3) is 0 Å². The van der Waals surface area contributed by atoms with E-state index in [1.54, 1.807) is 0 Å². The fourth-order valence-electron chi connectivity index (χ4n) is 3.05. The molecule has 0 saturated heterocycles. The Kier molecular flexibility index (Phi) is 6.08. The Labute approximate surface area is 161 Å². The van der Waals surface area contributed by atoms with E-state index >= 15 is 0 Å². The molecule has 0 bridgehead atoms. The summed E-state index contributed by atoms with van der Waals surface area (Å²) < 4.78 is 5.57. The lowest BCUT2D eigenvalue weighted by Crippen LogP contribution is -2.16. The zero-order valence-corrected chi connectivity index (χ0v) is 16.1. The number of benzene rings is 3. The summed E-state index contributed by atoms with van der Waals surface area (Å²) in [5.41, 5.74) is 4.46. The average molecular weight is 357 g/mol. The highest BCUT2D eigenvalue weighted by Gasteiger charge is 2.17. The Balaban J connectivity index is 1.64. The fraction of sp³-hybridized carbons (Fsp3) is 0.240. The molecule has 0 aliphatic rings. The number of hydrogen-bond acceptors (Lipinski definition) is 2. The second kappa shape index (κ2) is 8.68. The van der Waals surface area contributed by atoms with Crippen LogP contribution in [-0.2, 0) is 11.2 Å². The summed E-state index contributed by atoms with van der Waals surface area (Å²) >= 11 is 0. The molecule has 137 valence electrons. The second-order valence-electron chi connectivity index (χ2n) is 7.30. The maximum atomic E-state index is 12.5. The van der Waals surface area contributed by atoms with Gasteiger partial charge in [0.1, 0.15) is 5.75 Å². The topological polar surface area (TPSA) is 26.3 Å². The largest absolute Gasteiger partial charge is 0.426 e. The predicted molar refractivity (Wildman–Crippen MR) is 110 cm³/mol. The number of rotatable bonds is 6. The first-order valence-electron chi connectivity index (χ1n) is 9.40. The average Bonchev–Trinajstić information content (AvgIpc) is 2.69. The Hall–Kier alpha value is -2.87. The zero-order chi connectivity index (χ0) is 19.2. The molecule has 0 saturated carbocycles. The molecule has 3 aromatic carbocycles. The van der Waals surface area contributed by atoms with Crippen molar-refractivity contribution in [3.63, 3.8) is 0 Å². The van der Waals surface area contributed by atoms with Crippen LogP contribution in [0.4, 0.5) is 0 Å². The maximum Gasteiger partial charge on any atom is 0.318 e. The minimum Gasteiger partial charge on any atom is -0.426 e. The van der Waals surface area contributed by atoms with Gasteiger partial charge in [0, 0.05) is 0 Å². The number of carbonyl (C=O) groups excluding carboxylic acids is 1. The third-order valence-electron chi connectivity index (χ3n) is 4.60. The van der Waals surface area contributed by atoms with Crippen LogP contribution in [0.15, 0.2) is 72.8 Å². The molecule has 0 heterocycles. The van der Waals surface area contributed by atoms with E-state index in [2.05, 4.69) is 32.0 Å². The molecule has 0 spiro atoms. The van der Waals surface area contributed by atoms with Crippen molar-refractivity contribution in [1.82, 2.24) is 0 Å². The Bertz CT molecular complexity index is 862. The molecule has 3 rings (SSSR count). The van der Waals surface area contributed by atoms with Crippen molar-refractivity contribution < 1.29 is 9.53 Å². The molecular weight excluding hydrogens is 332 g/mol. The van der Waals surface area contributed by atoms with Gasteiger partial charge in [0.2, 0.25) is 0 Å². The minimum atomic E-state index is -0.303. The highest BCUT2D eigenvalue weighted by Crippen LogP contribution is 2.24. The molecule has 0 aromatic heterocycles. The quantitative estimate of drug-likeness (QED) is 0.396. The monoisotopic (exact) mass is 357 g/mol. The smallest absolute Gasteiger partial charge is 0.318 e. The summed E-state index contributed by atoms with van der Waals surface area (Å²) in [4.78, 5) is 12.5. The molecule has 0 aliphatic heterocycles. The summed E-state index contributed by atoms with van der Waals surface area (Å²) in [5, 5.41) is 0. The molecule has 1 unspecified atom stereocenters. The van der Waals surface area contributed by atoms with Gasteiger partial charge in [-0.15, -0.1) is 0 Å². The van der Waals surface area contributed by atoms with E-state index in [0.717, 1.165) is 23.1 Å². The van der Waals surface area contributed by atoms with Gasteiger partial charge in [0.05, 0.1) is 5.92 Å². The van der Waals surface area contributed by atoms with Crippen molar-refractivity contribution in [2.45, 2.75) is 33.1 Å². The van der Waals surface area contributed by atoms with E-state index in [1.807, 2.05) is 67.6 Å². The number of ether oxygens (including phenoxy) is 1. The van der Waals surface area contributed by atoms with Gasteiger partial charge in [-0.25, -0.2) is 0 Å². The van der Waals surface area contributed by atoms with E-state index in [-0.39, 0.29) is 11.9 Å². The van der Waals surface area contributed by atoms with Crippen LogP contribution in [0, 0.1) is 12.0 Å².